The van der Waals surface area contributed by atoms with E-state index >= 15 is 0 Å². The van der Waals surface area contributed by atoms with Crippen LogP contribution in [0.2, 0.25) is 0 Å². The van der Waals surface area contributed by atoms with Gasteiger partial charge in [0.2, 0.25) is 0 Å². The highest BCUT2D eigenvalue weighted by Crippen LogP contribution is 2.20. The summed E-state index contributed by atoms with van der Waals surface area (Å²) in [5.41, 5.74) is 2.93. The fraction of sp³-hybridized carbons (Fsp3) is 0.143. The summed E-state index contributed by atoms with van der Waals surface area (Å²) in [6, 6.07) is 11.7. The molecule has 3 aromatic rings. The van der Waals surface area contributed by atoms with Gasteiger partial charge in [0.05, 0.1) is 11.0 Å². The summed E-state index contributed by atoms with van der Waals surface area (Å²) in [5, 5.41) is 9.42. The van der Waals surface area contributed by atoms with Crippen molar-refractivity contribution in [1.29, 1.82) is 0 Å². The second-order valence-electron chi connectivity index (χ2n) is 4.20. The van der Waals surface area contributed by atoms with E-state index in [4.69, 9.17) is 0 Å². The molecule has 0 radical (unpaired) electrons. The molecule has 0 aliphatic rings. The Morgan fingerprint density at radius 1 is 1.17 bits per heavy atom. The quantitative estimate of drug-likeness (QED) is 0.746. The van der Waals surface area contributed by atoms with E-state index in [1.54, 1.807) is 0 Å². The van der Waals surface area contributed by atoms with Crippen molar-refractivity contribution >= 4 is 11.0 Å². The predicted octanol–water partition coefficient (Wildman–Crippen LogP) is 2.22. The molecule has 0 saturated heterocycles. The van der Waals surface area contributed by atoms with Crippen LogP contribution in [0, 0.1) is 6.92 Å². The normalized spacial score (nSPS) is 11.0. The fourth-order valence-corrected chi connectivity index (χ4v) is 2.03. The molecule has 0 amide bonds. The van der Waals surface area contributed by atoms with Crippen LogP contribution >= 0.6 is 0 Å². The minimum absolute atomic E-state index is 0.107. The van der Waals surface area contributed by atoms with Gasteiger partial charge in [0.25, 0.3) is 0 Å². The maximum Gasteiger partial charge on any atom is 0.141 e. The molecule has 1 N–H and O–H groups in total. The van der Waals surface area contributed by atoms with E-state index in [1.165, 1.54) is 0 Å². The smallest absolute Gasteiger partial charge is 0.141 e. The number of rotatable bonds is 2. The first kappa shape index (κ1) is 10.9. The molecule has 0 aliphatic carbocycles. The van der Waals surface area contributed by atoms with Crippen LogP contribution < -0.4 is 0 Å². The third kappa shape index (κ3) is 1.67. The molecule has 4 nitrogen and oxygen atoms in total. The minimum atomic E-state index is -0.107. The third-order valence-electron chi connectivity index (χ3n) is 2.90. The zero-order valence-corrected chi connectivity index (χ0v) is 10.0. The van der Waals surface area contributed by atoms with E-state index in [0.717, 1.165) is 22.4 Å². The molecule has 0 fully saturated rings. The van der Waals surface area contributed by atoms with Crippen molar-refractivity contribution in [3.63, 3.8) is 0 Å². The molecule has 2 heterocycles. The molecule has 2 aromatic heterocycles. The number of nitrogens with zero attached hydrogens (tertiary/aromatic N) is 3. The van der Waals surface area contributed by atoms with Gasteiger partial charge < -0.3 is 5.11 Å². The number of aromatic nitrogens is 3. The summed E-state index contributed by atoms with van der Waals surface area (Å²) in [5.74, 6) is 1.38. The van der Waals surface area contributed by atoms with Gasteiger partial charge in [0, 0.05) is 6.20 Å². The summed E-state index contributed by atoms with van der Waals surface area (Å²) < 4.78 is 1.88. The highest BCUT2D eigenvalue weighted by atomic mass is 16.3. The lowest BCUT2D eigenvalue weighted by Crippen LogP contribution is -2.03. The van der Waals surface area contributed by atoms with Gasteiger partial charge in [-0.15, -0.1) is 0 Å². The molecule has 90 valence electrons. The highest BCUT2D eigenvalue weighted by Gasteiger charge is 2.11. The zero-order chi connectivity index (χ0) is 12.5. The van der Waals surface area contributed by atoms with E-state index in [-0.39, 0.29) is 6.61 Å². The van der Waals surface area contributed by atoms with Gasteiger partial charge in [-0.25, -0.2) is 9.97 Å². The number of hydrogen-bond donors (Lipinski definition) is 1. The summed E-state index contributed by atoms with van der Waals surface area (Å²) in [7, 11) is 0. The van der Waals surface area contributed by atoms with E-state index < -0.39 is 0 Å². The monoisotopic (exact) mass is 239 g/mol. The number of pyridine rings is 1. The Kier molecular flexibility index (Phi) is 2.57. The summed E-state index contributed by atoms with van der Waals surface area (Å²) in [6.07, 6.45) is 1.81. The van der Waals surface area contributed by atoms with Crippen LogP contribution in [0.25, 0.3) is 16.9 Å². The van der Waals surface area contributed by atoms with Crippen molar-refractivity contribution in [2.24, 2.45) is 0 Å². The van der Waals surface area contributed by atoms with E-state index in [9.17, 15) is 5.11 Å². The topological polar surface area (TPSA) is 50.9 Å². The molecular weight excluding hydrogens is 226 g/mol. The first-order chi connectivity index (χ1) is 8.79. The molecular formula is C14H13N3O. The molecule has 18 heavy (non-hydrogen) atoms. The molecule has 0 unspecified atom stereocenters. The fourth-order valence-electron chi connectivity index (χ4n) is 2.03. The first-order valence-corrected chi connectivity index (χ1v) is 5.80. The second kappa shape index (κ2) is 4.23. The van der Waals surface area contributed by atoms with Gasteiger partial charge >= 0.3 is 0 Å². The number of aliphatic hydroxyl groups excluding tert-OH is 1. The maximum absolute atomic E-state index is 9.42. The van der Waals surface area contributed by atoms with Crippen molar-refractivity contribution in [1.82, 2.24) is 14.5 Å². The number of benzene rings is 1. The van der Waals surface area contributed by atoms with Gasteiger partial charge in [-0.05, 0) is 30.7 Å². The average molecular weight is 239 g/mol. The van der Waals surface area contributed by atoms with Gasteiger partial charge in [-0.2, -0.15) is 0 Å². The second-order valence-corrected chi connectivity index (χ2v) is 4.20. The van der Waals surface area contributed by atoms with Gasteiger partial charge in [-0.1, -0.05) is 18.2 Å². The predicted molar refractivity (Wildman–Crippen MR) is 69.5 cm³/mol. The Bertz CT molecular complexity index is 686. The number of fused-ring (bicyclic) bond motifs is 1. The lowest BCUT2D eigenvalue weighted by molar-refractivity contribution is 0.270. The Morgan fingerprint density at radius 2 is 2.00 bits per heavy atom. The van der Waals surface area contributed by atoms with Crippen molar-refractivity contribution in [2.45, 2.75) is 13.5 Å². The Labute approximate surface area is 105 Å². The average Bonchev–Trinajstić information content (AvgIpc) is 2.78. The third-order valence-corrected chi connectivity index (χ3v) is 2.90. The van der Waals surface area contributed by atoms with E-state index in [2.05, 4.69) is 9.97 Å². The Balaban J connectivity index is 2.29. The molecule has 0 spiro atoms. The lowest BCUT2D eigenvalue weighted by atomic mass is 10.3. The molecule has 0 aliphatic heterocycles. The van der Waals surface area contributed by atoms with Crippen molar-refractivity contribution in [2.75, 3.05) is 0 Å². The summed E-state index contributed by atoms with van der Waals surface area (Å²) in [4.78, 5) is 8.79. The van der Waals surface area contributed by atoms with Crippen LogP contribution in [0.1, 0.15) is 11.4 Å². The highest BCUT2D eigenvalue weighted by molar-refractivity contribution is 5.77. The van der Waals surface area contributed by atoms with Gasteiger partial charge in [-0.3, -0.25) is 4.57 Å². The zero-order valence-electron chi connectivity index (χ0n) is 10.0. The summed E-state index contributed by atoms with van der Waals surface area (Å²) in [6.45, 7) is 1.89. The van der Waals surface area contributed by atoms with E-state index in [0.29, 0.717) is 5.82 Å². The van der Waals surface area contributed by atoms with Crippen LogP contribution in [-0.4, -0.2) is 19.6 Å². The van der Waals surface area contributed by atoms with Crippen molar-refractivity contribution < 1.29 is 5.11 Å². The van der Waals surface area contributed by atoms with Crippen LogP contribution in [0.4, 0.5) is 0 Å². The molecule has 0 atom stereocenters. The van der Waals surface area contributed by atoms with Gasteiger partial charge in [0.15, 0.2) is 0 Å². The number of hydrogen-bond acceptors (Lipinski definition) is 3. The number of aryl methyl sites for hydroxylation is 1. The Hall–Kier alpha value is -2.20. The van der Waals surface area contributed by atoms with Crippen LogP contribution in [0.3, 0.4) is 0 Å². The van der Waals surface area contributed by atoms with Crippen molar-refractivity contribution in [3.05, 3.63) is 54.0 Å². The molecule has 3 rings (SSSR count). The molecule has 4 heteroatoms. The molecule has 0 saturated carbocycles. The van der Waals surface area contributed by atoms with Crippen LogP contribution in [0.15, 0.2) is 42.6 Å². The molecule has 1 aromatic carbocycles. The van der Waals surface area contributed by atoms with Crippen LogP contribution in [0.5, 0.6) is 0 Å². The SMILES string of the molecule is Cc1ccc(-n2c(CO)nc3ccccc32)nc1. The minimum Gasteiger partial charge on any atom is -0.388 e. The lowest BCUT2D eigenvalue weighted by Gasteiger charge is -2.06. The standard InChI is InChI=1S/C14H13N3O/c1-10-6-7-13(15-8-10)17-12-5-3-2-4-11(12)16-14(17)9-18/h2-8,18H,9H2,1H3. The Morgan fingerprint density at radius 3 is 2.72 bits per heavy atom. The molecule has 0 bridgehead atoms. The van der Waals surface area contributed by atoms with Crippen LogP contribution in [-0.2, 0) is 6.61 Å². The summed E-state index contributed by atoms with van der Waals surface area (Å²) >= 11 is 0. The number of imidazole rings is 1. The van der Waals surface area contributed by atoms with Crippen molar-refractivity contribution in [3.8, 4) is 5.82 Å². The number of aliphatic hydroxyl groups is 1. The maximum atomic E-state index is 9.42. The van der Waals surface area contributed by atoms with E-state index in [1.807, 2.05) is 54.1 Å². The largest absolute Gasteiger partial charge is 0.388 e. The first-order valence-electron chi connectivity index (χ1n) is 5.80. The van der Waals surface area contributed by atoms with Gasteiger partial charge in [0.1, 0.15) is 18.2 Å². The number of para-hydroxylation sites is 2.